The highest BCUT2D eigenvalue weighted by Gasteiger charge is 2.30. The van der Waals surface area contributed by atoms with Crippen LogP contribution in [-0.2, 0) is 14.3 Å². The number of piperidine rings is 1. The second-order valence-electron chi connectivity index (χ2n) is 6.37. The Morgan fingerprint density at radius 2 is 1.55 bits per heavy atom. The Bertz CT molecular complexity index is 340. The van der Waals surface area contributed by atoms with E-state index >= 15 is 0 Å². The normalized spacial score (nSPS) is 28.2. The van der Waals surface area contributed by atoms with E-state index in [0.29, 0.717) is 0 Å². The van der Waals surface area contributed by atoms with Gasteiger partial charge in [-0.15, -0.1) is 0 Å². The minimum Gasteiger partial charge on any atom is -0.455 e. The molecule has 4 heteroatoms. The van der Waals surface area contributed by atoms with E-state index in [1.807, 2.05) is 4.90 Å². The first-order chi connectivity index (χ1) is 9.59. The third-order valence-corrected chi connectivity index (χ3v) is 4.76. The Labute approximate surface area is 121 Å². The number of rotatable bonds is 3. The molecule has 0 spiro atoms. The summed E-state index contributed by atoms with van der Waals surface area (Å²) in [6, 6.07) is 0.527. The number of esters is 1. The van der Waals surface area contributed by atoms with Gasteiger partial charge in [-0.3, -0.25) is 9.59 Å². The highest BCUT2D eigenvalue weighted by atomic mass is 16.5. The van der Waals surface area contributed by atoms with E-state index in [1.54, 1.807) is 0 Å². The average Bonchev–Trinajstić information content (AvgIpc) is 2.45. The molecule has 2 aliphatic rings. The van der Waals surface area contributed by atoms with Gasteiger partial charge in [0.15, 0.2) is 6.61 Å². The monoisotopic (exact) mass is 281 g/mol. The molecule has 1 amide bonds. The summed E-state index contributed by atoms with van der Waals surface area (Å²) in [5, 5.41) is 0. The quantitative estimate of drug-likeness (QED) is 0.747. The van der Waals surface area contributed by atoms with Crippen LogP contribution in [0.3, 0.4) is 0 Å². The summed E-state index contributed by atoms with van der Waals surface area (Å²) in [4.78, 5) is 26.1. The van der Waals surface area contributed by atoms with Gasteiger partial charge in [-0.2, -0.15) is 0 Å². The van der Waals surface area contributed by atoms with Crippen molar-refractivity contribution in [2.45, 2.75) is 77.3 Å². The van der Waals surface area contributed by atoms with Gasteiger partial charge in [-0.1, -0.05) is 19.3 Å². The number of carbonyl (C=O) groups excluding carboxylic acids is 2. The number of ether oxygens (including phenoxy) is 1. The zero-order chi connectivity index (χ0) is 14.5. The molecular formula is C16H27NO3. The Morgan fingerprint density at radius 3 is 2.15 bits per heavy atom. The predicted octanol–water partition coefficient (Wildman–Crippen LogP) is 2.90. The molecule has 1 aliphatic heterocycles. The van der Waals surface area contributed by atoms with Crippen molar-refractivity contribution in [1.82, 2.24) is 4.90 Å². The van der Waals surface area contributed by atoms with Crippen LogP contribution in [0.4, 0.5) is 0 Å². The number of hydrogen-bond donors (Lipinski definition) is 0. The van der Waals surface area contributed by atoms with Crippen molar-refractivity contribution in [1.29, 1.82) is 0 Å². The molecule has 0 bridgehead atoms. The van der Waals surface area contributed by atoms with Gasteiger partial charge in [0, 0.05) is 12.1 Å². The molecular weight excluding hydrogens is 254 g/mol. The fraction of sp³-hybridized carbons (Fsp3) is 0.875. The lowest BCUT2D eigenvalue weighted by atomic mass is 9.89. The van der Waals surface area contributed by atoms with Crippen LogP contribution in [0.1, 0.15) is 65.2 Å². The lowest BCUT2D eigenvalue weighted by Gasteiger charge is -2.39. The van der Waals surface area contributed by atoms with E-state index in [0.717, 1.165) is 38.5 Å². The Hall–Kier alpha value is -1.06. The van der Waals surface area contributed by atoms with E-state index in [2.05, 4.69) is 13.8 Å². The van der Waals surface area contributed by atoms with Crippen molar-refractivity contribution in [2.75, 3.05) is 6.61 Å². The van der Waals surface area contributed by atoms with Crippen LogP contribution >= 0.6 is 0 Å². The van der Waals surface area contributed by atoms with Gasteiger partial charge in [0.25, 0.3) is 5.91 Å². The van der Waals surface area contributed by atoms with Crippen LogP contribution < -0.4 is 0 Å². The van der Waals surface area contributed by atoms with Gasteiger partial charge < -0.3 is 9.64 Å². The number of amides is 1. The predicted molar refractivity (Wildman–Crippen MR) is 77.2 cm³/mol. The highest BCUT2D eigenvalue weighted by Crippen LogP contribution is 2.25. The summed E-state index contributed by atoms with van der Waals surface area (Å²) in [5.74, 6) is -0.183. The van der Waals surface area contributed by atoms with Crippen LogP contribution in [0.25, 0.3) is 0 Å². The summed E-state index contributed by atoms with van der Waals surface area (Å²) in [7, 11) is 0. The Morgan fingerprint density at radius 1 is 0.950 bits per heavy atom. The largest absolute Gasteiger partial charge is 0.455 e. The molecule has 0 aromatic heterocycles. The van der Waals surface area contributed by atoms with Gasteiger partial charge in [0.05, 0.1) is 5.92 Å². The Kier molecular flexibility index (Phi) is 5.44. The molecule has 20 heavy (non-hydrogen) atoms. The number of carbonyl (C=O) groups is 2. The second-order valence-corrected chi connectivity index (χ2v) is 6.37. The average molecular weight is 281 g/mol. The summed E-state index contributed by atoms with van der Waals surface area (Å²) in [5.41, 5.74) is 0. The molecule has 0 aromatic carbocycles. The lowest BCUT2D eigenvalue weighted by molar-refractivity contribution is -0.158. The fourth-order valence-corrected chi connectivity index (χ4v) is 3.58. The molecule has 1 saturated heterocycles. The summed E-state index contributed by atoms with van der Waals surface area (Å²) in [6.07, 6.45) is 8.54. The van der Waals surface area contributed by atoms with Gasteiger partial charge in [-0.25, -0.2) is 0 Å². The van der Waals surface area contributed by atoms with Crippen molar-refractivity contribution in [2.24, 2.45) is 5.92 Å². The van der Waals surface area contributed by atoms with Gasteiger partial charge in [0.1, 0.15) is 0 Å². The minimum absolute atomic E-state index is 0.0211. The van der Waals surface area contributed by atoms with Gasteiger partial charge in [0.2, 0.25) is 0 Å². The summed E-state index contributed by atoms with van der Waals surface area (Å²) < 4.78 is 5.26. The van der Waals surface area contributed by atoms with Crippen LogP contribution in [0.15, 0.2) is 0 Å². The SMILES string of the molecule is C[C@@H]1CCC[C@H](C)N1C(=O)COC(=O)C1CCCCC1. The minimum atomic E-state index is -0.171. The van der Waals surface area contributed by atoms with E-state index in [-0.39, 0.29) is 36.5 Å². The van der Waals surface area contributed by atoms with Crippen molar-refractivity contribution < 1.29 is 14.3 Å². The standard InChI is InChI=1S/C16H27NO3/c1-12-7-6-8-13(2)17(12)15(18)11-20-16(19)14-9-4-3-5-10-14/h12-14H,3-11H2,1-2H3/t12-,13+. The highest BCUT2D eigenvalue weighted by molar-refractivity contribution is 5.81. The van der Waals surface area contributed by atoms with Gasteiger partial charge >= 0.3 is 5.97 Å². The summed E-state index contributed by atoms with van der Waals surface area (Å²) >= 11 is 0. The smallest absolute Gasteiger partial charge is 0.309 e. The van der Waals surface area contributed by atoms with Crippen LogP contribution in [0.5, 0.6) is 0 Å². The van der Waals surface area contributed by atoms with E-state index in [9.17, 15) is 9.59 Å². The molecule has 1 saturated carbocycles. The molecule has 2 fully saturated rings. The van der Waals surface area contributed by atoms with Crippen molar-refractivity contribution in [3.63, 3.8) is 0 Å². The molecule has 0 radical (unpaired) electrons. The van der Waals surface area contributed by atoms with Crippen LogP contribution in [0.2, 0.25) is 0 Å². The van der Waals surface area contributed by atoms with Crippen LogP contribution in [-0.4, -0.2) is 35.5 Å². The molecule has 2 atom stereocenters. The number of likely N-dealkylation sites (tertiary alicyclic amines) is 1. The Balaban J connectivity index is 1.80. The van der Waals surface area contributed by atoms with Crippen molar-refractivity contribution >= 4 is 11.9 Å². The maximum atomic E-state index is 12.3. The van der Waals surface area contributed by atoms with Crippen molar-refractivity contribution in [3.05, 3.63) is 0 Å². The fourth-order valence-electron chi connectivity index (χ4n) is 3.58. The number of hydrogen-bond acceptors (Lipinski definition) is 3. The third-order valence-electron chi connectivity index (χ3n) is 4.76. The molecule has 2 rings (SSSR count). The molecule has 1 aliphatic carbocycles. The molecule has 0 unspecified atom stereocenters. The zero-order valence-corrected chi connectivity index (χ0v) is 12.8. The topological polar surface area (TPSA) is 46.6 Å². The zero-order valence-electron chi connectivity index (χ0n) is 12.8. The lowest BCUT2D eigenvalue weighted by Crippen LogP contribution is -2.49. The second kappa shape index (κ2) is 7.09. The van der Waals surface area contributed by atoms with E-state index in [1.165, 1.54) is 12.8 Å². The third kappa shape index (κ3) is 3.74. The molecule has 4 nitrogen and oxygen atoms in total. The van der Waals surface area contributed by atoms with E-state index in [4.69, 9.17) is 4.74 Å². The first-order valence-electron chi connectivity index (χ1n) is 8.07. The molecule has 0 aromatic rings. The van der Waals surface area contributed by atoms with Gasteiger partial charge in [-0.05, 0) is 46.0 Å². The molecule has 114 valence electrons. The summed E-state index contributed by atoms with van der Waals surface area (Å²) in [6.45, 7) is 4.08. The maximum Gasteiger partial charge on any atom is 0.309 e. The molecule has 0 N–H and O–H groups in total. The molecule has 1 heterocycles. The van der Waals surface area contributed by atoms with Crippen LogP contribution in [0, 0.1) is 5.92 Å². The first-order valence-corrected chi connectivity index (χ1v) is 8.07. The first kappa shape index (κ1) is 15.3. The van der Waals surface area contributed by atoms with Crippen molar-refractivity contribution in [3.8, 4) is 0 Å². The van der Waals surface area contributed by atoms with E-state index < -0.39 is 0 Å². The maximum absolute atomic E-state index is 12.3. The number of nitrogens with zero attached hydrogens (tertiary/aromatic N) is 1.